The Morgan fingerprint density at radius 2 is 1.50 bits per heavy atom. The molecule has 2 amide bonds. The highest BCUT2D eigenvalue weighted by atomic mass is 35.5. The summed E-state index contributed by atoms with van der Waals surface area (Å²) in [4.78, 5) is 32.5. The summed E-state index contributed by atoms with van der Waals surface area (Å²) >= 11 is 6.60. The largest absolute Gasteiger partial charge is 0.378 e. The van der Waals surface area contributed by atoms with Crippen molar-refractivity contribution in [1.82, 2.24) is 19.8 Å². The van der Waals surface area contributed by atoms with Crippen molar-refractivity contribution in [2.24, 2.45) is 0 Å². The van der Waals surface area contributed by atoms with Gasteiger partial charge in [-0.2, -0.15) is 0 Å². The van der Waals surface area contributed by atoms with E-state index >= 15 is 0 Å². The van der Waals surface area contributed by atoms with Gasteiger partial charge >= 0.3 is 0 Å². The van der Waals surface area contributed by atoms with Crippen LogP contribution in [0.5, 0.6) is 0 Å². The third-order valence-electron chi connectivity index (χ3n) is 7.08. The summed E-state index contributed by atoms with van der Waals surface area (Å²) in [5.74, 6) is 0.0654. The van der Waals surface area contributed by atoms with E-state index in [1.165, 1.54) is 0 Å². The summed E-state index contributed by atoms with van der Waals surface area (Å²) in [6, 6.07) is 27.4. The van der Waals surface area contributed by atoms with Crippen molar-refractivity contribution in [1.29, 1.82) is 0 Å². The van der Waals surface area contributed by atoms with E-state index in [4.69, 9.17) is 11.6 Å². The second kappa shape index (κ2) is 10.8. The number of carbonyl (C=O) groups excluding carboxylic acids is 2. The van der Waals surface area contributed by atoms with Crippen LogP contribution in [0.4, 0.5) is 0 Å². The Bertz CT molecular complexity index is 1380. The number of benzene rings is 3. The van der Waals surface area contributed by atoms with Crippen molar-refractivity contribution >= 4 is 23.4 Å². The Balaban J connectivity index is 1.35. The van der Waals surface area contributed by atoms with E-state index in [-0.39, 0.29) is 23.3 Å². The van der Waals surface area contributed by atoms with E-state index in [0.717, 1.165) is 5.56 Å². The molecule has 1 aliphatic heterocycles. The fourth-order valence-electron chi connectivity index (χ4n) is 4.96. The molecule has 0 bridgehead atoms. The third-order valence-corrected chi connectivity index (χ3v) is 7.46. The summed E-state index contributed by atoms with van der Waals surface area (Å²) < 4.78 is 1.77. The zero-order valence-electron chi connectivity index (χ0n) is 21.0. The molecule has 38 heavy (non-hydrogen) atoms. The Kier molecular flexibility index (Phi) is 7.31. The zero-order valence-corrected chi connectivity index (χ0v) is 21.8. The molecule has 0 unspecified atom stereocenters. The third kappa shape index (κ3) is 4.95. The number of imidazole rings is 1. The molecular weight excluding hydrogens is 500 g/mol. The van der Waals surface area contributed by atoms with Crippen molar-refractivity contribution in [3.05, 3.63) is 124 Å². The van der Waals surface area contributed by atoms with E-state index < -0.39 is 17.6 Å². The molecule has 1 atom stereocenters. The lowest BCUT2D eigenvalue weighted by Crippen LogP contribution is -2.49. The van der Waals surface area contributed by atoms with Gasteiger partial charge < -0.3 is 19.9 Å². The van der Waals surface area contributed by atoms with Crippen LogP contribution in [-0.2, 0) is 29.9 Å². The molecule has 0 aliphatic carbocycles. The minimum Gasteiger partial charge on any atom is -0.378 e. The highest BCUT2D eigenvalue weighted by Gasteiger charge is 2.39. The van der Waals surface area contributed by atoms with Gasteiger partial charge in [0.15, 0.2) is 5.69 Å². The first kappa shape index (κ1) is 25.7. The lowest BCUT2D eigenvalue weighted by atomic mass is 9.81. The predicted octanol–water partition coefficient (Wildman–Crippen LogP) is 4.18. The predicted molar refractivity (Wildman–Crippen MR) is 146 cm³/mol. The first-order valence-electron chi connectivity index (χ1n) is 12.6. The highest BCUT2D eigenvalue weighted by Crippen LogP contribution is 2.33. The van der Waals surface area contributed by atoms with E-state index in [9.17, 15) is 14.7 Å². The van der Waals surface area contributed by atoms with Gasteiger partial charge in [-0.3, -0.25) is 9.59 Å². The number of hydrogen-bond acceptors (Lipinski definition) is 4. The van der Waals surface area contributed by atoms with Gasteiger partial charge in [-0.05, 0) is 23.6 Å². The van der Waals surface area contributed by atoms with Crippen molar-refractivity contribution in [3.63, 3.8) is 0 Å². The summed E-state index contributed by atoms with van der Waals surface area (Å²) in [6.45, 7) is 2.95. The molecule has 2 N–H and O–H groups in total. The SMILES string of the molecule is C[C@H](NC(=O)c1nc2n(c1Cl)CCN(C(=O)Cc1ccccc1)C2)C(O)(c1ccccc1)c1ccccc1. The normalized spacial score (nSPS) is 14.0. The lowest BCUT2D eigenvalue weighted by molar-refractivity contribution is -0.132. The van der Waals surface area contributed by atoms with Crippen molar-refractivity contribution in [2.45, 2.75) is 38.1 Å². The average molecular weight is 529 g/mol. The number of rotatable bonds is 7. The first-order chi connectivity index (χ1) is 18.4. The van der Waals surface area contributed by atoms with Crippen molar-refractivity contribution < 1.29 is 14.7 Å². The minimum atomic E-state index is -1.48. The minimum absolute atomic E-state index is 0.00279. The van der Waals surface area contributed by atoms with Gasteiger partial charge in [0, 0.05) is 13.1 Å². The summed E-state index contributed by atoms with van der Waals surface area (Å²) in [6.07, 6.45) is 0.303. The molecule has 4 aromatic rings. The van der Waals surface area contributed by atoms with Gasteiger partial charge in [0.25, 0.3) is 5.91 Å². The number of fused-ring (bicyclic) bond motifs is 1. The fraction of sp³-hybridized carbons (Fsp3) is 0.233. The Labute approximate surface area is 226 Å². The summed E-state index contributed by atoms with van der Waals surface area (Å²) in [5, 5.41) is 15.1. The summed E-state index contributed by atoms with van der Waals surface area (Å²) in [7, 11) is 0. The number of nitrogens with zero attached hydrogens (tertiary/aromatic N) is 3. The molecule has 2 heterocycles. The number of amides is 2. The maximum Gasteiger partial charge on any atom is 0.273 e. The van der Waals surface area contributed by atoms with E-state index in [1.54, 1.807) is 16.4 Å². The summed E-state index contributed by atoms with van der Waals surface area (Å²) in [5.41, 5.74) is 0.853. The van der Waals surface area contributed by atoms with Crippen LogP contribution >= 0.6 is 11.6 Å². The van der Waals surface area contributed by atoms with Crippen LogP contribution < -0.4 is 5.32 Å². The van der Waals surface area contributed by atoms with Crippen molar-refractivity contribution in [2.75, 3.05) is 6.54 Å². The second-order valence-corrected chi connectivity index (χ2v) is 9.85. The molecule has 0 saturated carbocycles. The monoisotopic (exact) mass is 528 g/mol. The molecule has 1 aliphatic rings. The van der Waals surface area contributed by atoms with Gasteiger partial charge in [0.1, 0.15) is 16.6 Å². The molecule has 0 radical (unpaired) electrons. The van der Waals surface area contributed by atoms with Crippen LogP contribution in [0.25, 0.3) is 0 Å². The van der Waals surface area contributed by atoms with E-state index in [0.29, 0.717) is 36.5 Å². The van der Waals surface area contributed by atoms with Crippen LogP contribution in [0.1, 0.15) is 39.9 Å². The number of aliphatic hydroxyl groups is 1. The van der Waals surface area contributed by atoms with Gasteiger partial charge in [-0.1, -0.05) is 103 Å². The fourth-order valence-corrected chi connectivity index (χ4v) is 5.27. The van der Waals surface area contributed by atoms with Gasteiger partial charge in [0.2, 0.25) is 5.91 Å². The molecule has 1 aromatic heterocycles. The van der Waals surface area contributed by atoms with E-state index in [2.05, 4.69) is 10.3 Å². The standard InChI is InChI=1S/C30H29ClN4O3/c1-21(30(38,23-13-7-3-8-14-23)24-15-9-4-10-16-24)32-29(37)27-28(31)35-18-17-34(20-25(35)33-27)26(36)19-22-11-5-2-6-12-22/h2-16,21,38H,17-20H2,1H3,(H,32,37)/t21-/m0/s1. The maximum absolute atomic E-state index is 13.4. The smallest absolute Gasteiger partial charge is 0.273 e. The molecule has 3 aromatic carbocycles. The van der Waals surface area contributed by atoms with Crippen LogP contribution in [0, 0.1) is 0 Å². The molecule has 8 heteroatoms. The number of hydrogen-bond donors (Lipinski definition) is 2. The van der Waals surface area contributed by atoms with Crippen molar-refractivity contribution in [3.8, 4) is 0 Å². The highest BCUT2D eigenvalue weighted by molar-refractivity contribution is 6.32. The topological polar surface area (TPSA) is 87.5 Å². The molecule has 0 saturated heterocycles. The van der Waals surface area contributed by atoms with Gasteiger partial charge in [0.05, 0.1) is 19.0 Å². The number of halogens is 1. The molecular formula is C30H29ClN4O3. The van der Waals surface area contributed by atoms with Gasteiger partial charge in [-0.15, -0.1) is 0 Å². The quantitative estimate of drug-likeness (QED) is 0.377. The number of carbonyl (C=O) groups is 2. The molecule has 5 rings (SSSR count). The van der Waals surface area contributed by atoms with Gasteiger partial charge in [-0.25, -0.2) is 4.98 Å². The number of nitrogens with one attached hydrogen (secondary N) is 1. The zero-order chi connectivity index (χ0) is 26.7. The molecule has 194 valence electrons. The average Bonchev–Trinajstić information content (AvgIpc) is 3.29. The Morgan fingerprint density at radius 1 is 0.947 bits per heavy atom. The maximum atomic E-state index is 13.4. The second-order valence-electron chi connectivity index (χ2n) is 9.49. The number of aromatic nitrogens is 2. The Morgan fingerprint density at radius 3 is 2.08 bits per heavy atom. The van der Waals surface area contributed by atoms with Crippen LogP contribution in [-0.4, -0.2) is 44.0 Å². The van der Waals surface area contributed by atoms with Crippen LogP contribution in [0.15, 0.2) is 91.0 Å². The first-order valence-corrected chi connectivity index (χ1v) is 13.0. The Hall–Kier alpha value is -3.94. The lowest BCUT2D eigenvalue weighted by Gasteiger charge is -2.35. The van der Waals surface area contributed by atoms with Crippen LogP contribution in [0.2, 0.25) is 5.15 Å². The van der Waals surface area contributed by atoms with E-state index in [1.807, 2.05) is 91.0 Å². The van der Waals surface area contributed by atoms with Crippen LogP contribution in [0.3, 0.4) is 0 Å². The molecule has 0 fully saturated rings. The molecule has 7 nitrogen and oxygen atoms in total. The molecule has 0 spiro atoms.